The summed E-state index contributed by atoms with van der Waals surface area (Å²) in [7, 11) is 0. The highest BCUT2D eigenvalue weighted by Crippen LogP contribution is 2.30. The average Bonchev–Trinajstić information content (AvgIpc) is 3.31. The van der Waals surface area contributed by atoms with E-state index in [-0.39, 0.29) is 11.9 Å². The molecule has 0 saturated carbocycles. The van der Waals surface area contributed by atoms with Gasteiger partial charge in [0.1, 0.15) is 5.75 Å². The Morgan fingerprint density at radius 3 is 2.85 bits per heavy atom. The number of carbonyl (C=O) groups is 1. The van der Waals surface area contributed by atoms with Crippen LogP contribution >= 0.6 is 0 Å². The van der Waals surface area contributed by atoms with Crippen molar-refractivity contribution in [2.45, 2.75) is 25.8 Å². The first-order valence-corrected chi connectivity index (χ1v) is 8.79. The van der Waals surface area contributed by atoms with Crippen LogP contribution < -0.4 is 10.1 Å². The van der Waals surface area contributed by atoms with Gasteiger partial charge in [-0.05, 0) is 55.2 Å². The molecule has 1 aliphatic carbocycles. The van der Waals surface area contributed by atoms with Crippen LogP contribution in [0.5, 0.6) is 5.75 Å². The number of aryl methyl sites for hydroxylation is 1. The van der Waals surface area contributed by atoms with Gasteiger partial charge < -0.3 is 10.1 Å². The highest BCUT2D eigenvalue weighted by molar-refractivity contribution is 5.92. The molecule has 1 aliphatic rings. The number of hydrogen-bond acceptors (Lipinski definition) is 4. The summed E-state index contributed by atoms with van der Waals surface area (Å²) in [6.07, 6.45) is 3.55. The lowest BCUT2D eigenvalue weighted by atomic mass is 10.1. The smallest absolute Gasteiger partial charge is 0.273 e. The zero-order valence-electron chi connectivity index (χ0n) is 14.6. The van der Waals surface area contributed by atoms with E-state index in [4.69, 9.17) is 4.74 Å². The quantitative estimate of drug-likeness (QED) is 0.769. The van der Waals surface area contributed by atoms with E-state index in [0.717, 1.165) is 24.3 Å². The Kier molecular flexibility index (Phi) is 4.39. The van der Waals surface area contributed by atoms with Crippen molar-refractivity contribution in [3.8, 4) is 11.4 Å². The minimum absolute atomic E-state index is 0.0364. The van der Waals surface area contributed by atoms with Gasteiger partial charge in [-0.3, -0.25) is 4.79 Å². The summed E-state index contributed by atoms with van der Waals surface area (Å²) in [5.74, 6) is 0.595. The molecule has 0 saturated heterocycles. The summed E-state index contributed by atoms with van der Waals surface area (Å²) in [6.45, 7) is 2.57. The van der Waals surface area contributed by atoms with Crippen molar-refractivity contribution in [3.05, 3.63) is 71.5 Å². The van der Waals surface area contributed by atoms with Gasteiger partial charge in [0, 0.05) is 0 Å². The number of carbonyl (C=O) groups excluding carboxylic acids is 1. The first kappa shape index (κ1) is 16.3. The predicted molar refractivity (Wildman–Crippen MR) is 97.5 cm³/mol. The Morgan fingerprint density at radius 2 is 2.04 bits per heavy atom. The molecular formula is C20H20N4O2. The zero-order chi connectivity index (χ0) is 17.9. The van der Waals surface area contributed by atoms with Crippen LogP contribution in [-0.4, -0.2) is 27.5 Å². The molecule has 3 aromatic rings. The number of aromatic nitrogens is 3. The Morgan fingerprint density at radius 1 is 1.23 bits per heavy atom. The lowest BCUT2D eigenvalue weighted by Crippen LogP contribution is -2.27. The van der Waals surface area contributed by atoms with Gasteiger partial charge in [0.25, 0.3) is 5.91 Å². The third-order valence-corrected chi connectivity index (χ3v) is 4.58. The minimum Gasteiger partial charge on any atom is -0.494 e. The van der Waals surface area contributed by atoms with Crippen LogP contribution in [0.25, 0.3) is 5.69 Å². The van der Waals surface area contributed by atoms with E-state index in [1.807, 2.05) is 43.3 Å². The normalized spacial score (nSPS) is 15.5. The van der Waals surface area contributed by atoms with Crippen molar-refractivity contribution in [1.29, 1.82) is 0 Å². The summed E-state index contributed by atoms with van der Waals surface area (Å²) in [5.41, 5.74) is 3.63. The van der Waals surface area contributed by atoms with Crippen molar-refractivity contribution in [2.24, 2.45) is 0 Å². The van der Waals surface area contributed by atoms with Crippen LogP contribution in [0, 0.1) is 0 Å². The Balaban J connectivity index is 1.47. The summed E-state index contributed by atoms with van der Waals surface area (Å²) in [5, 5.41) is 11.2. The molecule has 4 rings (SSSR count). The third-order valence-electron chi connectivity index (χ3n) is 4.58. The number of hydrogen-bond donors (Lipinski definition) is 1. The highest BCUT2D eigenvalue weighted by Gasteiger charge is 2.24. The average molecular weight is 348 g/mol. The van der Waals surface area contributed by atoms with E-state index >= 15 is 0 Å². The lowest BCUT2D eigenvalue weighted by Gasteiger charge is -2.12. The molecule has 26 heavy (non-hydrogen) atoms. The van der Waals surface area contributed by atoms with E-state index in [9.17, 15) is 4.79 Å². The van der Waals surface area contributed by atoms with Crippen LogP contribution in [0.15, 0.2) is 54.7 Å². The van der Waals surface area contributed by atoms with Crippen LogP contribution in [-0.2, 0) is 6.42 Å². The number of rotatable bonds is 5. The van der Waals surface area contributed by atoms with Gasteiger partial charge >= 0.3 is 0 Å². The number of benzene rings is 2. The Labute approximate surface area is 151 Å². The standard InChI is InChI=1S/C20H20N4O2/c1-2-26-16-10-8-15(9-11-16)24-13-19(22-23-24)20(25)21-18-12-7-14-5-3-4-6-17(14)18/h3-6,8-11,13,18H,2,7,12H2,1H3,(H,21,25). The van der Waals surface area contributed by atoms with Crippen LogP contribution in [0.1, 0.15) is 41.0 Å². The zero-order valence-corrected chi connectivity index (χ0v) is 14.6. The Bertz CT molecular complexity index is 918. The molecule has 1 atom stereocenters. The molecule has 0 spiro atoms. The molecule has 6 heteroatoms. The van der Waals surface area contributed by atoms with Gasteiger partial charge in [-0.15, -0.1) is 5.10 Å². The molecule has 6 nitrogen and oxygen atoms in total. The fourth-order valence-electron chi connectivity index (χ4n) is 3.30. The summed E-state index contributed by atoms with van der Waals surface area (Å²) >= 11 is 0. The van der Waals surface area contributed by atoms with E-state index in [1.165, 1.54) is 11.1 Å². The van der Waals surface area contributed by atoms with Crippen LogP contribution in [0.3, 0.4) is 0 Å². The third kappa shape index (κ3) is 3.18. The van der Waals surface area contributed by atoms with E-state index in [1.54, 1.807) is 10.9 Å². The first-order chi connectivity index (χ1) is 12.7. The van der Waals surface area contributed by atoms with Crippen LogP contribution in [0.2, 0.25) is 0 Å². The number of amides is 1. The maximum absolute atomic E-state index is 12.5. The first-order valence-electron chi connectivity index (χ1n) is 8.79. The van der Waals surface area contributed by atoms with E-state index < -0.39 is 0 Å². The second-order valence-electron chi connectivity index (χ2n) is 6.24. The Hall–Kier alpha value is -3.15. The minimum atomic E-state index is -0.205. The molecule has 1 aromatic heterocycles. The maximum Gasteiger partial charge on any atom is 0.273 e. The SMILES string of the molecule is CCOc1ccc(-n2cc(C(=O)NC3CCc4ccccc43)nn2)cc1. The molecule has 1 unspecified atom stereocenters. The molecule has 0 radical (unpaired) electrons. The summed E-state index contributed by atoms with van der Waals surface area (Å²) in [4.78, 5) is 12.5. The largest absolute Gasteiger partial charge is 0.494 e. The second-order valence-corrected chi connectivity index (χ2v) is 6.24. The molecular weight excluding hydrogens is 328 g/mol. The number of nitrogens with one attached hydrogen (secondary N) is 1. The van der Waals surface area contributed by atoms with Gasteiger partial charge in [-0.2, -0.15) is 0 Å². The molecule has 0 fully saturated rings. The molecule has 1 N–H and O–H groups in total. The van der Waals surface area contributed by atoms with Gasteiger partial charge in [-0.25, -0.2) is 4.68 Å². The van der Waals surface area contributed by atoms with E-state index in [0.29, 0.717) is 12.3 Å². The fraction of sp³-hybridized carbons (Fsp3) is 0.250. The molecule has 2 aromatic carbocycles. The summed E-state index contributed by atoms with van der Waals surface area (Å²) < 4.78 is 7.02. The van der Waals surface area contributed by atoms with Crippen molar-refractivity contribution >= 4 is 5.91 Å². The van der Waals surface area contributed by atoms with Crippen molar-refractivity contribution < 1.29 is 9.53 Å². The van der Waals surface area contributed by atoms with Gasteiger partial charge in [0.2, 0.25) is 0 Å². The van der Waals surface area contributed by atoms with Gasteiger partial charge in [0.15, 0.2) is 5.69 Å². The number of ether oxygens (including phenoxy) is 1. The monoisotopic (exact) mass is 348 g/mol. The summed E-state index contributed by atoms with van der Waals surface area (Å²) in [6, 6.07) is 15.8. The molecule has 132 valence electrons. The molecule has 1 amide bonds. The van der Waals surface area contributed by atoms with Gasteiger partial charge in [0.05, 0.1) is 24.5 Å². The van der Waals surface area contributed by atoms with E-state index in [2.05, 4.69) is 27.8 Å². The van der Waals surface area contributed by atoms with Crippen molar-refractivity contribution in [1.82, 2.24) is 20.3 Å². The van der Waals surface area contributed by atoms with Crippen molar-refractivity contribution in [3.63, 3.8) is 0 Å². The lowest BCUT2D eigenvalue weighted by molar-refractivity contribution is 0.0931. The molecule has 0 aliphatic heterocycles. The fourth-order valence-corrected chi connectivity index (χ4v) is 3.30. The van der Waals surface area contributed by atoms with Crippen LogP contribution in [0.4, 0.5) is 0 Å². The topological polar surface area (TPSA) is 69.0 Å². The molecule has 0 bridgehead atoms. The number of nitrogens with zero attached hydrogens (tertiary/aromatic N) is 3. The number of fused-ring (bicyclic) bond motifs is 1. The predicted octanol–water partition coefficient (Wildman–Crippen LogP) is 3.08. The maximum atomic E-state index is 12.5. The second kappa shape index (κ2) is 7.00. The van der Waals surface area contributed by atoms with Crippen molar-refractivity contribution in [2.75, 3.05) is 6.61 Å². The highest BCUT2D eigenvalue weighted by atomic mass is 16.5. The van der Waals surface area contributed by atoms with Gasteiger partial charge in [-0.1, -0.05) is 29.5 Å². The molecule has 1 heterocycles.